The summed E-state index contributed by atoms with van der Waals surface area (Å²) in [6.45, 7) is 5.13. The lowest BCUT2D eigenvalue weighted by atomic mass is 9.93. The highest BCUT2D eigenvalue weighted by atomic mass is 19.3. The van der Waals surface area contributed by atoms with E-state index in [-0.39, 0.29) is 6.42 Å². The predicted octanol–water partition coefficient (Wildman–Crippen LogP) is 2.72. The maximum absolute atomic E-state index is 13.3. The van der Waals surface area contributed by atoms with Crippen molar-refractivity contribution < 1.29 is 8.78 Å². The van der Waals surface area contributed by atoms with Crippen LogP contribution in [0, 0.1) is 19.3 Å². The molecule has 5 heteroatoms. The van der Waals surface area contributed by atoms with Gasteiger partial charge in [-0.25, -0.2) is 18.7 Å². The number of alkyl halides is 2. The van der Waals surface area contributed by atoms with Crippen molar-refractivity contribution in [3.05, 3.63) is 17.5 Å². The Morgan fingerprint density at radius 3 is 2.06 bits per heavy atom. The summed E-state index contributed by atoms with van der Waals surface area (Å²) in [7, 11) is 0. The quantitative estimate of drug-likeness (QED) is 0.770. The van der Waals surface area contributed by atoms with Crippen molar-refractivity contribution in [3.63, 3.8) is 0 Å². The summed E-state index contributed by atoms with van der Waals surface area (Å²) >= 11 is 0. The molecule has 2 fully saturated rings. The van der Waals surface area contributed by atoms with Crippen LogP contribution in [0.5, 0.6) is 0 Å². The van der Waals surface area contributed by atoms with Gasteiger partial charge in [0.2, 0.25) is 5.95 Å². The maximum atomic E-state index is 13.3. The lowest BCUT2D eigenvalue weighted by Gasteiger charge is -2.32. The van der Waals surface area contributed by atoms with Crippen LogP contribution in [-0.2, 0) is 0 Å². The fourth-order valence-corrected chi connectivity index (χ4v) is 2.91. The molecule has 1 saturated heterocycles. The summed E-state index contributed by atoms with van der Waals surface area (Å²) in [4.78, 5) is 10.8. The maximum Gasteiger partial charge on any atom is 0.254 e. The highest BCUT2D eigenvalue weighted by molar-refractivity contribution is 5.34. The van der Waals surface area contributed by atoms with E-state index in [4.69, 9.17) is 0 Å². The van der Waals surface area contributed by atoms with Crippen LogP contribution in [0.4, 0.5) is 14.7 Å². The zero-order valence-electron chi connectivity index (χ0n) is 10.7. The van der Waals surface area contributed by atoms with Crippen molar-refractivity contribution in [1.29, 1.82) is 0 Å². The lowest BCUT2D eigenvalue weighted by Crippen LogP contribution is -2.37. The van der Waals surface area contributed by atoms with E-state index in [1.54, 1.807) is 0 Å². The molecule has 3 rings (SSSR count). The average Bonchev–Trinajstić information content (AvgIpc) is 2.79. The molecule has 18 heavy (non-hydrogen) atoms. The lowest BCUT2D eigenvalue weighted by molar-refractivity contribution is 0.0536. The summed E-state index contributed by atoms with van der Waals surface area (Å²) in [5, 5.41) is 0. The Morgan fingerprint density at radius 1 is 1.11 bits per heavy atom. The van der Waals surface area contributed by atoms with E-state index >= 15 is 0 Å². The molecule has 1 spiro atoms. The number of halogens is 2. The minimum absolute atomic E-state index is 0.0710. The first kappa shape index (κ1) is 11.8. The molecular formula is C13H17F2N3. The number of piperidine rings is 1. The first-order chi connectivity index (χ1) is 8.42. The minimum Gasteiger partial charge on any atom is -0.341 e. The van der Waals surface area contributed by atoms with Gasteiger partial charge in [0.25, 0.3) is 5.92 Å². The standard InChI is InChI=1S/C13H17F2N3/c1-9-7-10(2)17-11(16-9)18-5-3-12(4-6-18)8-13(12,14)15/h7H,3-6,8H2,1-2H3. The van der Waals surface area contributed by atoms with Crippen LogP contribution in [0.3, 0.4) is 0 Å². The van der Waals surface area contributed by atoms with Crippen LogP contribution >= 0.6 is 0 Å². The molecule has 2 aliphatic rings. The van der Waals surface area contributed by atoms with Gasteiger partial charge in [-0.1, -0.05) is 0 Å². The van der Waals surface area contributed by atoms with Crippen molar-refractivity contribution in [3.8, 4) is 0 Å². The topological polar surface area (TPSA) is 29.0 Å². The van der Waals surface area contributed by atoms with E-state index in [0.29, 0.717) is 31.9 Å². The number of anilines is 1. The summed E-state index contributed by atoms with van der Waals surface area (Å²) < 4.78 is 26.6. The second kappa shape index (κ2) is 3.62. The zero-order chi connectivity index (χ0) is 13.0. The van der Waals surface area contributed by atoms with Crippen molar-refractivity contribution in [1.82, 2.24) is 9.97 Å². The number of aromatic nitrogens is 2. The number of rotatable bonds is 1. The Balaban J connectivity index is 1.73. The fraction of sp³-hybridized carbons (Fsp3) is 0.692. The summed E-state index contributed by atoms with van der Waals surface area (Å²) in [6.07, 6.45) is 1.17. The first-order valence-electron chi connectivity index (χ1n) is 6.37. The summed E-state index contributed by atoms with van der Waals surface area (Å²) in [6, 6.07) is 1.92. The average molecular weight is 253 g/mol. The molecule has 1 saturated carbocycles. The van der Waals surface area contributed by atoms with Gasteiger partial charge in [-0.05, 0) is 32.8 Å². The fourth-order valence-electron chi connectivity index (χ4n) is 2.91. The largest absolute Gasteiger partial charge is 0.341 e. The number of hydrogen-bond donors (Lipinski definition) is 0. The smallest absolute Gasteiger partial charge is 0.254 e. The molecule has 0 amide bonds. The molecule has 0 unspecified atom stereocenters. The molecule has 0 radical (unpaired) electrons. The van der Waals surface area contributed by atoms with Crippen molar-refractivity contribution >= 4 is 5.95 Å². The van der Waals surface area contributed by atoms with E-state index in [1.807, 2.05) is 24.8 Å². The number of aryl methyl sites for hydroxylation is 2. The van der Waals surface area contributed by atoms with Gasteiger partial charge in [-0.15, -0.1) is 0 Å². The van der Waals surface area contributed by atoms with E-state index in [9.17, 15) is 8.78 Å². The van der Waals surface area contributed by atoms with Crippen LogP contribution in [0.25, 0.3) is 0 Å². The first-order valence-corrected chi connectivity index (χ1v) is 6.37. The van der Waals surface area contributed by atoms with Gasteiger partial charge in [-0.3, -0.25) is 0 Å². The Kier molecular flexibility index (Phi) is 2.37. The van der Waals surface area contributed by atoms with Gasteiger partial charge >= 0.3 is 0 Å². The van der Waals surface area contributed by atoms with Crippen LogP contribution in [0.1, 0.15) is 30.7 Å². The number of hydrogen-bond acceptors (Lipinski definition) is 3. The van der Waals surface area contributed by atoms with Gasteiger partial charge in [0.15, 0.2) is 0 Å². The molecule has 2 heterocycles. The normalized spacial score (nSPS) is 24.3. The van der Waals surface area contributed by atoms with Crippen LogP contribution in [-0.4, -0.2) is 29.0 Å². The third kappa shape index (κ3) is 1.76. The molecule has 1 aromatic rings. The highest BCUT2D eigenvalue weighted by Gasteiger charge is 2.70. The zero-order valence-corrected chi connectivity index (χ0v) is 10.7. The molecule has 1 aliphatic heterocycles. The Hall–Kier alpha value is -1.26. The predicted molar refractivity (Wildman–Crippen MR) is 65.0 cm³/mol. The van der Waals surface area contributed by atoms with Gasteiger partial charge in [0.1, 0.15) is 0 Å². The molecule has 0 N–H and O–H groups in total. The molecule has 0 aromatic carbocycles. The second-order valence-electron chi connectivity index (χ2n) is 5.60. The molecule has 0 atom stereocenters. The third-order valence-electron chi connectivity index (χ3n) is 4.19. The van der Waals surface area contributed by atoms with Crippen LogP contribution < -0.4 is 4.90 Å². The molecule has 3 nitrogen and oxygen atoms in total. The van der Waals surface area contributed by atoms with E-state index < -0.39 is 11.3 Å². The third-order valence-corrected chi connectivity index (χ3v) is 4.19. The Bertz CT molecular complexity index is 459. The monoisotopic (exact) mass is 253 g/mol. The summed E-state index contributed by atoms with van der Waals surface area (Å²) in [5.41, 5.74) is 1.15. The molecule has 0 bridgehead atoms. The van der Waals surface area contributed by atoms with E-state index in [1.165, 1.54) is 0 Å². The Labute approximate surface area is 105 Å². The van der Waals surface area contributed by atoms with E-state index in [2.05, 4.69) is 9.97 Å². The molecule has 1 aliphatic carbocycles. The second-order valence-corrected chi connectivity index (χ2v) is 5.60. The van der Waals surface area contributed by atoms with Crippen LogP contribution in [0.2, 0.25) is 0 Å². The summed E-state index contributed by atoms with van der Waals surface area (Å²) in [5.74, 6) is -1.74. The SMILES string of the molecule is Cc1cc(C)nc(N2CCC3(CC2)CC3(F)F)n1. The molecule has 98 valence electrons. The Morgan fingerprint density at radius 2 is 1.61 bits per heavy atom. The highest BCUT2D eigenvalue weighted by Crippen LogP contribution is 2.65. The van der Waals surface area contributed by atoms with Crippen molar-refractivity contribution in [2.45, 2.75) is 39.0 Å². The minimum atomic E-state index is -2.43. The van der Waals surface area contributed by atoms with Crippen molar-refractivity contribution in [2.75, 3.05) is 18.0 Å². The van der Waals surface area contributed by atoms with Crippen molar-refractivity contribution in [2.24, 2.45) is 5.41 Å². The van der Waals surface area contributed by atoms with Gasteiger partial charge in [0.05, 0.1) is 0 Å². The van der Waals surface area contributed by atoms with Gasteiger partial charge in [-0.2, -0.15) is 0 Å². The molecule has 1 aromatic heterocycles. The molecular weight excluding hydrogens is 236 g/mol. The van der Waals surface area contributed by atoms with Gasteiger partial charge < -0.3 is 4.90 Å². The van der Waals surface area contributed by atoms with Gasteiger partial charge in [0, 0.05) is 36.3 Å². The number of nitrogens with zero attached hydrogens (tertiary/aromatic N) is 3. The van der Waals surface area contributed by atoms with E-state index in [0.717, 1.165) is 11.4 Å². The van der Waals surface area contributed by atoms with Crippen LogP contribution in [0.15, 0.2) is 6.07 Å².